The fourth-order valence-corrected chi connectivity index (χ4v) is 5.70. The van der Waals surface area contributed by atoms with Gasteiger partial charge in [0, 0.05) is 24.2 Å². The summed E-state index contributed by atoms with van der Waals surface area (Å²) in [6, 6.07) is 18.5. The van der Waals surface area contributed by atoms with Crippen LogP contribution in [0.3, 0.4) is 0 Å². The smallest absolute Gasteiger partial charge is 0.264 e. The summed E-state index contributed by atoms with van der Waals surface area (Å²) in [6.45, 7) is 5.33. The van der Waals surface area contributed by atoms with Crippen LogP contribution in [0.2, 0.25) is 5.02 Å². The Morgan fingerprint density at radius 3 is 2.20 bits per heavy atom. The number of nitrogens with zero attached hydrogens (tertiary/aromatic N) is 2. The molecule has 0 spiro atoms. The van der Waals surface area contributed by atoms with Gasteiger partial charge in [-0.3, -0.25) is 13.9 Å². The van der Waals surface area contributed by atoms with E-state index >= 15 is 0 Å². The van der Waals surface area contributed by atoms with Gasteiger partial charge in [0.25, 0.3) is 10.0 Å². The Labute approximate surface area is 247 Å². The molecule has 0 aliphatic heterocycles. The van der Waals surface area contributed by atoms with Crippen LogP contribution in [0, 0.1) is 5.92 Å². The fraction of sp³-hybridized carbons (Fsp3) is 0.333. The van der Waals surface area contributed by atoms with E-state index < -0.39 is 28.5 Å². The molecule has 11 heteroatoms. The molecule has 1 N–H and O–H groups in total. The molecule has 0 unspecified atom stereocenters. The SMILES string of the molecule is COc1ccc(OC)c(N(CC(=O)N(Cc2ccccc2Cl)[C@@H](C)C(=O)NCC(C)C)S(=O)(=O)c2ccccc2)c1. The van der Waals surface area contributed by atoms with E-state index in [2.05, 4.69) is 5.32 Å². The second kappa shape index (κ2) is 14.2. The second-order valence-electron chi connectivity index (χ2n) is 9.79. The van der Waals surface area contributed by atoms with Crippen LogP contribution in [0.25, 0.3) is 0 Å². The number of hydrogen-bond donors (Lipinski definition) is 1. The Bertz CT molecular complexity index is 1450. The summed E-state index contributed by atoms with van der Waals surface area (Å²) in [4.78, 5) is 28.5. The highest BCUT2D eigenvalue weighted by Gasteiger charge is 2.34. The van der Waals surface area contributed by atoms with Gasteiger partial charge in [-0.05, 0) is 48.7 Å². The van der Waals surface area contributed by atoms with E-state index in [1.165, 1.54) is 37.3 Å². The van der Waals surface area contributed by atoms with E-state index in [0.717, 1.165) is 4.31 Å². The lowest BCUT2D eigenvalue weighted by atomic mass is 10.1. The topological polar surface area (TPSA) is 105 Å². The number of nitrogens with one attached hydrogen (secondary N) is 1. The van der Waals surface area contributed by atoms with E-state index in [0.29, 0.717) is 22.9 Å². The highest BCUT2D eigenvalue weighted by molar-refractivity contribution is 7.92. The van der Waals surface area contributed by atoms with Gasteiger partial charge in [-0.2, -0.15) is 0 Å². The Morgan fingerprint density at radius 2 is 1.59 bits per heavy atom. The fourth-order valence-electron chi connectivity index (χ4n) is 4.07. The molecule has 0 saturated heterocycles. The molecule has 0 aliphatic carbocycles. The van der Waals surface area contributed by atoms with E-state index in [9.17, 15) is 18.0 Å². The number of amides is 2. The maximum Gasteiger partial charge on any atom is 0.264 e. The van der Waals surface area contributed by atoms with Crippen molar-refractivity contribution in [1.29, 1.82) is 0 Å². The summed E-state index contributed by atoms with van der Waals surface area (Å²) in [5.41, 5.74) is 0.723. The standard InChI is InChI=1S/C30H36ClN3O6S/c1-21(2)18-32-30(36)22(3)33(19-23-11-9-10-14-26(23)31)29(35)20-34(41(37,38)25-12-7-6-8-13-25)27-17-24(39-4)15-16-28(27)40-5/h6-17,21-22H,18-20H2,1-5H3,(H,32,36)/t22-/m0/s1. The van der Waals surface area contributed by atoms with Crippen LogP contribution < -0.4 is 19.1 Å². The molecular weight excluding hydrogens is 566 g/mol. The van der Waals surface area contributed by atoms with Crippen molar-refractivity contribution in [3.05, 3.63) is 83.4 Å². The lowest BCUT2D eigenvalue weighted by Gasteiger charge is -2.32. The molecule has 0 fully saturated rings. The molecule has 0 aliphatic rings. The lowest BCUT2D eigenvalue weighted by molar-refractivity contribution is -0.139. The van der Waals surface area contributed by atoms with Gasteiger partial charge >= 0.3 is 0 Å². The molecule has 41 heavy (non-hydrogen) atoms. The molecule has 220 valence electrons. The molecule has 2 amide bonds. The van der Waals surface area contributed by atoms with Crippen LogP contribution in [0.15, 0.2) is 77.7 Å². The predicted octanol–water partition coefficient (Wildman–Crippen LogP) is 4.74. The zero-order valence-corrected chi connectivity index (χ0v) is 25.4. The van der Waals surface area contributed by atoms with Gasteiger partial charge < -0.3 is 19.7 Å². The van der Waals surface area contributed by atoms with Crippen LogP contribution >= 0.6 is 11.6 Å². The highest BCUT2D eigenvalue weighted by atomic mass is 35.5. The largest absolute Gasteiger partial charge is 0.497 e. The number of ether oxygens (including phenoxy) is 2. The van der Waals surface area contributed by atoms with Crippen molar-refractivity contribution in [3.63, 3.8) is 0 Å². The van der Waals surface area contributed by atoms with Crippen molar-refractivity contribution < 1.29 is 27.5 Å². The quantitative estimate of drug-likeness (QED) is 0.303. The molecule has 0 aromatic heterocycles. The summed E-state index contributed by atoms with van der Waals surface area (Å²) in [5.74, 6) is -0.183. The van der Waals surface area contributed by atoms with Crippen molar-refractivity contribution in [2.24, 2.45) is 5.92 Å². The van der Waals surface area contributed by atoms with Crippen LogP contribution in [0.4, 0.5) is 5.69 Å². The van der Waals surface area contributed by atoms with Crippen LogP contribution in [0.5, 0.6) is 11.5 Å². The number of halogens is 1. The first-order valence-electron chi connectivity index (χ1n) is 13.1. The van der Waals surface area contributed by atoms with Gasteiger partial charge in [0.1, 0.15) is 24.1 Å². The van der Waals surface area contributed by atoms with E-state index in [1.807, 2.05) is 13.8 Å². The summed E-state index contributed by atoms with van der Waals surface area (Å²) in [7, 11) is -1.40. The molecule has 9 nitrogen and oxygen atoms in total. The molecular formula is C30H36ClN3O6S. The molecule has 3 aromatic carbocycles. The number of carbonyl (C=O) groups is 2. The minimum Gasteiger partial charge on any atom is -0.497 e. The average molecular weight is 602 g/mol. The van der Waals surface area contributed by atoms with E-state index in [1.54, 1.807) is 61.5 Å². The number of benzene rings is 3. The number of carbonyl (C=O) groups excluding carboxylic acids is 2. The third-order valence-electron chi connectivity index (χ3n) is 6.42. The Kier molecular flexibility index (Phi) is 11.0. The van der Waals surface area contributed by atoms with Gasteiger partial charge in [-0.15, -0.1) is 0 Å². The minimum atomic E-state index is -4.27. The van der Waals surface area contributed by atoms with Crippen molar-refractivity contribution in [1.82, 2.24) is 10.2 Å². The Morgan fingerprint density at radius 1 is 0.927 bits per heavy atom. The second-order valence-corrected chi connectivity index (χ2v) is 12.1. The summed E-state index contributed by atoms with van der Waals surface area (Å²) in [5, 5.41) is 3.28. The number of anilines is 1. The summed E-state index contributed by atoms with van der Waals surface area (Å²) < 4.78 is 39.8. The molecule has 0 bridgehead atoms. The minimum absolute atomic E-state index is 0.0107. The third kappa shape index (κ3) is 7.92. The first-order chi connectivity index (χ1) is 19.5. The zero-order valence-electron chi connectivity index (χ0n) is 23.8. The van der Waals surface area contributed by atoms with Crippen LogP contribution in [-0.4, -0.2) is 58.5 Å². The molecule has 3 aromatic rings. The van der Waals surface area contributed by atoms with E-state index in [-0.39, 0.29) is 34.7 Å². The maximum atomic E-state index is 14.1. The third-order valence-corrected chi connectivity index (χ3v) is 8.56. The van der Waals surface area contributed by atoms with Gasteiger partial charge in [0.15, 0.2) is 0 Å². The predicted molar refractivity (Wildman–Crippen MR) is 160 cm³/mol. The normalized spacial score (nSPS) is 12.0. The molecule has 3 rings (SSSR count). The highest BCUT2D eigenvalue weighted by Crippen LogP contribution is 2.36. The monoisotopic (exact) mass is 601 g/mol. The van der Waals surface area contributed by atoms with Crippen molar-refractivity contribution in [3.8, 4) is 11.5 Å². The van der Waals surface area contributed by atoms with Crippen molar-refractivity contribution >= 4 is 39.1 Å². The molecule has 0 heterocycles. The first kappa shape index (κ1) is 31.8. The number of rotatable bonds is 13. The molecule has 0 radical (unpaired) electrons. The van der Waals surface area contributed by atoms with Gasteiger partial charge in [-0.1, -0.05) is 61.8 Å². The Hall–Kier alpha value is -3.76. The maximum absolute atomic E-state index is 14.1. The van der Waals surface area contributed by atoms with Crippen LogP contribution in [0.1, 0.15) is 26.3 Å². The van der Waals surface area contributed by atoms with Gasteiger partial charge in [-0.25, -0.2) is 8.42 Å². The zero-order chi connectivity index (χ0) is 30.2. The van der Waals surface area contributed by atoms with Crippen molar-refractivity contribution in [2.45, 2.75) is 38.3 Å². The number of sulfonamides is 1. The molecule has 1 atom stereocenters. The first-order valence-corrected chi connectivity index (χ1v) is 14.9. The average Bonchev–Trinajstić information content (AvgIpc) is 2.97. The van der Waals surface area contributed by atoms with Crippen LogP contribution in [-0.2, 0) is 26.2 Å². The lowest BCUT2D eigenvalue weighted by Crippen LogP contribution is -2.51. The number of methoxy groups -OCH3 is 2. The van der Waals surface area contributed by atoms with E-state index in [4.69, 9.17) is 21.1 Å². The van der Waals surface area contributed by atoms with Crippen molar-refractivity contribution in [2.75, 3.05) is 31.6 Å². The summed E-state index contributed by atoms with van der Waals surface area (Å²) >= 11 is 6.41. The van der Waals surface area contributed by atoms with Gasteiger partial charge in [0.2, 0.25) is 11.8 Å². The summed E-state index contributed by atoms with van der Waals surface area (Å²) in [6.07, 6.45) is 0. The van der Waals surface area contributed by atoms with Gasteiger partial charge in [0.05, 0.1) is 24.8 Å². The Balaban J connectivity index is 2.10. The number of hydrogen-bond acceptors (Lipinski definition) is 6. The molecule has 0 saturated carbocycles.